The first-order valence-electron chi connectivity index (χ1n) is 9.62. The lowest BCUT2D eigenvalue weighted by Crippen LogP contribution is -2.49. The zero-order valence-corrected chi connectivity index (χ0v) is 16.6. The molecule has 1 amide bonds. The predicted octanol–water partition coefficient (Wildman–Crippen LogP) is 2.97. The Kier molecular flexibility index (Phi) is 8.33. The van der Waals surface area contributed by atoms with Crippen LogP contribution in [0.4, 0.5) is 4.79 Å². The lowest BCUT2D eigenvalue weighted by atomic mass is 10.0. The van der Waals surface area contributed by atoms with Crippen molar-refractivity contribution in [1.82, 2.24) is 9.80 Å². The molecule has 0 spiro atoms. The second kappa shape index (κ2) is 10.7. The Bertz CT molecular complexity index is 647. The van der Waals surface area contributed by atoms with E-state index in [2.05, 4.69) is 17.0 Å². The van der Waals surface area contributed by atoms with Crippen LogP contribution < -0.4 is 0 Å². The quantitative estimate of drug-likeness (QED) is 0.542. The number of nitrogens with zero attached hydrogens (tertiary/aromatic N) is 2. The van der Waals surface area contributed by atoms with E-state index in [4.69, 9.17) is 9.47 Å². The lowest BCUT2D eigenvalue weighted by molar-refractivity contribution is -0.137. The van der Waals surface area contributed by atoms with Crippen molar-refractivity contribution in [2.45, 2.75) is 27.2 Å². The summed E-state index contributed by atoms with van der Waals surface area (Å²) < 4.78 is 9.99. The molecule has 1 aliphatic heterocycles. The fourth-order valence-corrected chi connectivity index (χ4v) is 3.03. The van der Waals surface area contributed by atoms with Gasteiger partial charge in [-0.2, -0.15) is 0 Å². The lowest BCUT2D eigenvalue weighted by Gasteiger charge is -2.34. The minimum Gasteiger partial charge on any atom is -0.463 e. The predicted molar refractivity (Wildman–Crippen MR) is 105 cm³/mol. The zero-order chi connectivity index (χ0) is 19.6. The van der Waals surface area contributed by atoms with Crippen molar-refractivity contribution in [3.63, 3.8) is 0 Å². The van der Waals surface area contributed by atoms with Gasteiger partial charge in [-0.15, -0.1) is 0 Å². The topological polar surface area (TPSA) is 59.1 Å². The molecule has 0 radical (unpaired) electrons. The van der Waals surface area contributed by atoms with E-state index in [-0.39, 0.29) is 12.1 Å². The van der Waals surface area contributed by atoms with E-state index < -0.39 is 0 Å². The number of amides is 1. The molecule has 1 heterocycles. The average Bonchev–Trinajstić information content (AvgIpc) is 2.67. The second-order valence-corrected chi connectivity index (χ2v) is 6.55. The third kappa shape index (κ3) is 6.71. The second-order valence-electron chi connectivity index (χ2n) is 6.55. The van der Waals surface area contributed by atoms with Gasteiger partial charge in [0.05, 0.1) is 13.2 Å². The summed E-state index contributed by atoms with van der Waals surface area (Å²) in [6.45, 7) is 10.5. The van der Waals surface area contributed by atoms with Crippen LogP contribution in [0.25, 0.3) is 5.57 Å². The van der Waals surface area contributed by atoms with Crippen LogP contribution in [0, 0.1) is 0 Å². The molecule has 0 saturated carbocycles. The van der Waals surface area contributed by atoms with Crippen LogP contribution in [0.15, 0.2) is 30.3 Å². The molecule has 6 nitrogen and oxygen atoms in total. The maximum Gasteiger partial charge on any atom is 0.409 e. The highest BCUT2D eigenvalue weighted by Crippen LogP contribution is 2.15. The highest BCUT2D eigenvalue weighted by atomic mass is 16.6. The number of ether oxygens (including phenoxy) is 2. The normalized spacial score (nSPS) is 15.5. The number of esters is 1. The number of carbonyl (C=O) groups excluding carboxylic acids is 2. The van der Waals surface area contributed by atoms with Crippen molar-refractivity contribution in [3.8, 4) is 0 Å². The number of benzene rings is 1. The van der Waals surface area contributed by atoms with E-state index in [1.165, 1.54) is 11.6 Å². The Balaban J connectivity index is 1.79. The molecule has 27 heavy (non-hydrogen) atoms. The molecule has 1 saturated heterocycles. The van der Waals surface area contributed by atoms with Gasteiger partial charge < -0.3 is 14.4 Å². The summed E-state index contributed by atoms with van der Waals surface area (Å²) in [5.74, 6) is -0.305. The summed E-state index contributed by atoms with van der Waals surface area (Å²) in [5, 5.41) is 0. The molecule has 6 heteroatoms. The molecule has 0 aliphatic carbocycles. The molecule has 148 valence electrons. The van der Waals surface area contributed by atoms with Crippen LogP contribution in [0.2, 0.25) is 0 Å². The van der Waals surface area contributed by atoms with E-state index in [0.29, 0.717) is 13.2 Å². The Labute approximate surface area is 161 Å². The minimum absolute atomic E-state index is 0.209. The van der Waals surface area contributed by atoms with Gasteiger partial charge in [0.1, 0.15) is 0 Å². The monoisotopic (exact) mass is 374 g/mol. The number of allylic oxidation sites excluding steroid dienone is 1. The summed E-state index contributed by atoms with van der Waals surface area (Å²) in [4.78, 5) is 27.4. The largest absolute Gasteiger partial charge is 0.463 e. The Morgan fingerprint density at radius 1 is 1.00 bits per heavy atom. The molecule has 1 aliphatic rings. The molecular weight excluding hydrogens is 344 g/mol. The number of hydrogen-bond donors (Lipinski definition) is 0. The van der Waals surface area contributed by atoms with Gasteiger partial charge in [-0.05, 0) is 43.9 Å². The SMILES string of the molecule is CCOC(=O)C=C(C)c1ccc(CCN2CCN(C(=O)OCC)CC2)cc1. The standard InChI is InChI=1S/C21H30N2O4/c1-4-26-20(24)16-17(3)19-8-6-18(7-9-19)10-11-22-12-14-23(15-13-22)21(25)27-5-2/h6-9,16H,4-5,10-15H2,1-3H3. The van der Waals surface area contributed by atoms with E-state index in [1.807, 2.05) is 26.0 Å². The molecular formula is C21H30N2O4. The third-order valence-electron chi connectivity index (χ3n) is 4.65. The van der Waals surface area contributed by atoms with Gasteiger partial charge in [-0.3, -0.25) is 4.90 Å². The molecule has 0 N–H and O–H groups in total. The van der Waals surface area contributed by atoms with E-state index in [1.54, 1.807) is 11.8 Å². The van der Waals surface area contributed by atoms with Crippen LogP contribution in [0.1, 0.15) is 31.9 Å². The number of hydrogen-bond acceptors (Lipinski definition) is 5. The maximum absolute atomic E-state index is 11.7. The van der Waals surface area contributed by atoms with Crippen molar-refractivity contribution in [2.75, 3.05) is 45.9 Å². The van der Waals surface area contributed by atoms with E-state index >= 15 is 0 Å². The average molecular weight is 374 g/mol. The van der Waals surface area contributed by atoms with E-state index in [9.17, 15) is 9.59 Å². The van der Waals surface area contributed by atoms with Gasteiger partial charge >= 0.3 is 12.1 Å². The van der Waals surface area contributed by atoms with Crippen LogP contribution in [-0.2, 0) is 20.7 Å². The van der Waals surface area contributed by atoms with Gasteiger partial charge in [0.25, 0.3) is 0 Å². The van der Waals surface area contributed by atoms with E-state index in [0.717, 1.165) is 50.3 Å². The highest BCUT2D eigenvalue weighted by molar-refractivity contribution is 5.90. The Morgan fingerprint density at radius 2 is 1.63 bits per heavy atom. The summed E-state index contributed by atoms with van der Waals surface area (Å²) in [7, 11) is 0. The summed E-state index contributed by atoms with van der Waals surface area (Å²) in [6.07, 6.45) is 2.28. The fraction of sp³-hybridized carbons (Fsp3) is 0.524. The smallest absolute Gasteiger partial charge is 0.409 e. The molecule has 1 aromatic carbocycles. The van der Waals surface area contributed by atoms with Crippen molar-refractivity contribution < 1.29 is 19.1 Å². The first-order valence-corrected chi connectivity index (χ1v) is 9.62. The molecule has 1 fully saturated rings. The van der Waals surface area contributed by atoms with Crippen LogP contribution in [0.3, 0.4) is 0 Å². The van der Waals surface area contributed by atoms with Crippen molar-refractivity contribution in [2.24, 2.45) is 0 Å². The first-order chi connectivity index (χ1) is 13.0. The fourth-order valence-electron chi connectivity index (χ4n) is 3.03. The minimum atomic E-state index is -0.305. The first kappa shape index (κ1) is 21.0. The number of carbonyl (C=O) groups is 2. The Hall–Kier alpha value is -2.34. The number of piperazine rings is 1. The van der Waals surface area contributed by atoms with Gasteiger partial charge in [-0.1, -0.05) is 24.3 Å². The van der Waals surface area contributed by atoms with Gasteiger partial charge in [-0.25, -0.2) is 9.59 Å². The highest BCUT2D eigenvalue weighted by Gasteiger charge is 2.21. The van der Waals surface area contributed by atoms with Crippen LogP contribution in [0.5, 0.6) is 0 Å². The third-order valence-corrected chi connectivity index (χ3v) is 4.65. The number of rotatable bonds is 7. The molecule has 0 aromatic heterocycles. The summed E-state index contributed by atoms with van der Waals surface area (Å²) >= 11 is 0. The summed E-state index contributed by atoms with van der Waals surface area (Å²) in [5.41, 5.74) is 3.18. The van der Waals surface area contributed by atoms with Crippen LogP contribution in [-0.4, -0.2) is 67.8 Å². The molecule has 0 bridgehead atoms. The molecule has 1 aromatic rings. The van der Waals surface area contributed by atoms with Crippen molar-refractivity contribution >= 4 is 17.6 Å². The van der Waals surface area contributed by atoms with Crippen molar-refractivity contribution in [3.05, 3.63) is 41.5 Å². The van der Waals surface area contributed by atoms with Gasteiger partial charge in [0.2, 0.25) is 0 Å². The Morgan fingerprint density at radius 3 is 2.22 bits per heavy atom. The van der Waals surface area contributed by atoms with Gasteiger partial charge in [0, 0.05) is 38.8 Å². The van der Waals surface area contributed by atoms with Crippen molar-refractivity contribution in [1.29, 1.82) is 0 Å². The molecule has 0 atom stereocenters. The van der Waals surface area contributed by atoms with Crippen LogP contribution >= 0.6 is 0 Å². The molecule has 0 unspecified atom stereocenters. The summed E-state index contributed by atoms with van der Waals surface area (Å²) in [6, 6.07) is 8.29. The maximum atomic E-state index is 11.7. The zero-order valence-electron chi connectivity index (χ0n) is 16.6. The van der Waals surface area contributed by atoms with Gasteiger partial charge in [0.15, 0.2) is 0 Å². The molecule has 2 rings (SSSR count).